The largest absolute Gasteiger partial charge is 0.493 e. The molecule has 0 bridgehead atoms. The van der Waals surface area contributed by atoms with E-state index in [0.717, 1.165) is 16.5 Å². The van der Waals surface area contributed by atoms with Crippen LogP contribution in [0.15, 0.2) is 65.6 Å². The van der Waals surface area contributed by atoms with Crippen molar-refractivity contribution in [3.05, 3.63) is 71.1 Å². The third-order valence-electron chi connectivity index (χ3n) is 4.62. The van der Waals surface area contributed by atoms with Gasteiger partial charge in [0.2, 0.25) is 0 Å². The van der Waals surface area contributed by atoms with Crippen molar-refractivity contribution in [2.24, 2.45) is 0 Å². The van der Waals surface area contributed by atoms with E-state index in [1.807, 2.05) is 42.5 Å². The lowest BCUT2D eigenvalue weighted by Gasteiger charge is -2.15. The zero-order valence-corrected chi connectivity index (χ0v) is 18.0. The van der Waals surface area contributed by atoms with Gasteiger partial charge in [0, 0.05) is 0 Å². The van der Waals surface area contributed by atoms with E-state index in [0.29, 0.717) is 26.3 Å². The fourth-order valence-corrected chi connectivity index (χ4v) is 4.49. The highest BCUT2D eigenvalue weighted by Crippen LogP contribution is 2.38. The predicted molar refractivity (Wildman–Crippen MR) is 126 cm³/mol. The van der Waals surface area contributed by atoms with Crippen molar-refractivity contribution >= 4 is 62.7 Å². The number of carboxylic acids is 1. The van der Waals surface area contributed by atoms with Crippen LogP contribution in [-0.2, 0) is 9.59 Å². The number of ether oxygens (including phenoxy) is 2. The molecule has 1 aliphatic rings. The van der Waals surface area contributed by atoms with E-state index >= 15 is 0 Å². The molecule has 6 nitrogen and oxygen atoms in total. The van der Waals surface area contributed by atoms with Crippen molar-refractivity contribution in [2.75, 3.05) is 18.6 Å². The summed E-state index contributed by atoms with van der Waals surface area (Å²) in [5, 5.41) is 10.9. The van der Waals surface area contributed by atoms with Gasteiger partial charge in [-0.1, -0.05) is 60.4 Å². The molecule has 0 saturated carbocycles. The molecule has 8 heteroatoms. The van der Waals surface area contributed by atoms with Crippen molar-refractivity contribution < 1.29 is 24.2 Å². The summed E-state index contributed by atoms with van der Waals surface area (Å²) in [6.07, 6.45) is 1.73. The number of anilines is 1. The number of carboxylic acid groups (broad SMARTS) is 1. The van der Waals surface area contributed by atoms with Crippen LogP contribution in [0.4, 0.5) is 5.69 Å². The maximum Gasteiger partial charge on any atom is 0.341 e. The van der Waals surface area contributed by atoms with Crippen LogP contribution >= 0.6 is 24.0 Å². The predicted octanol–water partition coefficient (Wildman–Crippen LogP) is 4.72. The maximum absolute atomic E-state index is 13.1. The second-order valence-corrected chi connectivity index (χ2v) is 8.32. The summed E-state index contributed by atoms with van der Waals surface area (Å²) in [7, 11) is 1.46. The average Bonchev–Trinajstić information content (AvgIpc) is 3.05. The number of amides is 1. The first-order valence-corrected chi connectivity index (χ1v) is 10.5. The molecule has 0 aromatic heterocycles. The van der Waals surface area contributed by atoms with Crippen LogP contribution in [0.5, 0.6) is 11.5 Å². The molecular weight excluding hydrogens is 434 g/mol. The first-order chi connectivity index (χ1) is 15.0. The second-order valence-electron chi connectivity index (χ2n) is 6.64. The Kier molecular flexibility index (Phi) is 5.92. The Morgan fingerprint density at radius 3 is 2.61 bits per heavy atom. The molecule has 1 aliphatic heterocycles. The Labute approximate surface area is 188 Å². The van der Waals surface area contributed by atoms with Gasteiger partial charge < -0.3 is 14.6 Å². The number of aliphatic carboxylic acids is 1. The van der Waals surface area contributed by atoms with Crippen molar-refractivity contribution in [1.29, 1.82) is 0 Å². The van der Waals surface area contributed by atoms with Gasteiger partial charge in [-0.25, -0.2) is 4.79 Å². The lowest BCUT2D eigenvalue weighted by molar-refractivity contribution is -0.139. The highest BCUT2D eigenvalue weighted by atomic mass is 32.2. The minimum atomic E-state index is -1.08. The Hall–Kier alpha value is -3.36. The normalized spacial score (nSPS) is 15.0. The standard InChI is InChI=1S/C23H17NO5S2/c1-28-19-10-14(6-9-18(19)29-13-21(25)26)11-20-22(27)24(23(30)31-20)17-8-7-15-4-2-3-5-16(15)12-17/h2-12H,13H2,1H3,(H,25,26)/b20-11+. The number of thiocarbonyl (C=S) groups is 1. The van der Waals surface area contributed by atoms with E-state index in [1.165, 1.54) is 23.8 Å². The molecule has 0 spiro atoms. The zero-order chi connectivity index (χ0) is 22.0. The molecule has 31 heavy (non-hydrogen) atoms. The second kappa shape index (κ2) is 8.79. The number of fused-ring (bicyclic) bond motifs is 1. The monoisotopic (exact) mass is 451 g/mol. The number of thioether (sulfide) groups is 1. The molecule has 1 amide bonds. The molecule has 4 rings (SSSR count). The van der Waals surface area contributed by atoms with Crippen LogP contribution in [0.1, 0.15) is 5.56 Å². The first-order valence-electron chi connectivity index (χ1n) is 9.25. The molecule has 0 atom stereocenters. The summed E-state index contributed by atoms with van der Waals surface area (Å²) >= 11 is 6.70. The average molecular weight is 452 g/mol. The minimum Gasteiger partial charge on any atom is -0.493 e. The zero-order valence-electron chi connectivity index (χ0n) is 16.4. The van der Waals surface area contributed by atoms with Gasteiger partial charge in [-0.15, -0.1) is 0 Å². The van der Waals surface area contributed by atoms with Crippen molar-refractivity contribution in [1.82, 2.24) is 0 Å². The van der Waals surface area contributed by atoms with Crippen molar-refractivity contribution in [3.63, 3.8) is 0 Å². The topological polar surface area (TPSA) is 76.1 Å². The van der Waals surface area contributed by atoms with Gasteiger partial charge in [-0.05, 0) is 46.7 Å². The number of hydrogen-bond donors (Lipinski definition) is 1. The van der Waals surface area contributed by atoms with Gasteiger partial charge in [-0.3, -0.25) is 9.69 Å². The highest BCUT2D eigenvalue weighted by Gasteiger charge is 2.33. The Balaban J connectivity index is 1.61. The Morgan fingerprint density at radius 1 is 1.10 bits per heavy atom. The quantitative estimate of drug-likeness (QED) is 0.429. The summed E-state index contributed by atoms with van der Waals surface area (Å²) in [5.74, 6) is -0.593. The lowest BCUT2D eigenvalue weighted by Crippen LogP contribution is -2.27. The summed E-state index contributed by atoms with van der Waals surface area (Å²) in [5.41, 5.74) is 1.43. The summed E-state index contributed by atoms with van der Waals surface area (Å²) < 4.78 is 11.0. The molecule has 1 saturated heterocycles. The Morgan fingerprint density at radius 2 is 1.87 bits per heavy atom. The van der Waals surface area contributed by atoms with Crippen LogP contribution in [0, 0.1) is 0 Å². The summed E-state index contributed by atoms with van der Waals surface area (Å²) in [4.78, 5) is 25.8. The van der Waals surface area contributed by atoms with Crippen molar-refractivity contribution in [3.8, 4) is 11.5 Å². The van der Waals surface area contributed by atoms with E-state index < -0.39 is 12.6 Å². The maximum atomic E-state index is 13.1. The number of benzene rings is 3. The molecule has 1 N–H and O–H groups in total. The number of methoxy groups -OCH3 is 1. The highest BCUT2D eigenvalue weighted by molar-refractivity contribution is 8.27. The molecule has 0 unspecified atom stereocenters. The van der Waals surface area contributed by atoms with Crippen LogP contribution in [0.2, 0.25) is 0 Å². The van der Waals surface area contributed by atoms with E-state index in [-0.39, 0.29) is 5.91 Å². The van der Waals surface area contributed by atoms with Gasteiger partial charge in [0.25, 0.3) is 5.91 Å². The molecule has 0 aliphatic carbocycles. The number of carbonyl (C=O) groups is 2. The van der Waals surface area contributed by atoms with E-state index in [4.69, 9.17) is 26.8 Å². The summed E-state index contributed by atoms with van der Waals surface area (Å²) in [6, 6.07) is 18.7. The lowest BCUT2D eigenvalue weighted by atomic mass is 10.1. The van der Waals surface area contributed by atoms with Gasteiger partial charge in [0.1, 0.15) is 0 Å². The number of hydrogen-bond acceptors (Lipinski definition) is 6. The molecule has 1 fully saturated rings. The first kappa shape index (κ1) is 20.9. The van der Waals surface area contributed by atoms with Crippen LogP contribution in [0.25, 0.3) is 16.8 Å². The van der Waals surface area contributed by atoms with Gasteiger partial charge in [0.05, 0.1) is 17.7 Å². The smallest absolute Gasteiger partial charge is 0.341 e. The molecule has 3 aromatic carbocycles. The van der Waals surface area contributed by atoms with Gasteiger partial charge in [0.15, 0.2) is 22.4 Å². The third-order valence-corrected chi connectivity index (χ3v) is 5.92. The third kappa shape index (κ3) is 4.40. The van der Waals surface area contributed by atoms with Crippen LogP contribution < -0.4 is 14.4 Å². The number of nitrogens with zero attached hydrogens (tertiary/aromatic N) is 1. The van der Waals surface area contributed by atoms with E-state index in [2.05, 4.69) is 0 Å². The summed E-state index contributed by atoms with van der Waals surface area (Å²) in [6.45, 7) is -0.472. The fourth-order valence-electron chi connectivity index (χ4n) is 3.19. The van der Waals surface area contributed by atoms with Gasteiger partial charge >= 0.3 is 5.97 Å². The van der Waals surface area contributed by atoms with E-state index in [9.17, 15) is 9.59 Å². The SMILES string of the molecule is COc1cc(/C=C2/SC(=S)N(c3ccc4ccccc4c3)C2=O)ccc1OCC(=O)O. The molecule has 156 valence electrons. The molecule has 3 aromatic rings. The van der Waals surface area contributed by atoms with E-state index in [1.54, 1.807) is 24.3 Å². The molecule has 1 heterocycles. The molecule has 0 radical (unpaired) electrons. The van der Waals surface area contributed by atoms with Crippen LogP contribution in [0.3, 0.4) is 0 Å². The van der Waals surface area contributed by atoms with Crippen molar-refractivity contribution in [2.45, 2.75) is 0 Å². The number of rotatable bonds is 6. The van der Waals surface area contributed by atoms with Crippen LogP contribution in [-0.4, -0.2) is 35.0 Å². The fraction of sp³-hybridized carbons (Fsp3) is 0.0870. The van der Waals surface area contributed by atoms with Gasteiger partial charge in [-0.2, -0.15) is 0 Å². The minimum absolute atomic E-state index is 0.199. The Bertz CT molecular complexity index is 1240. The number of carbonyl (C=O) groups excluding carboxylic acids is 1. The molecular formula is C23H17NO5S2.